The van der Waals surface area contributed by atoms with Crippen LogP contribution >= 0.6 is 23.2 Å². The average molecular weight is 219 g/mol. The molecule has 0 amide bonds. The lowest BCUT2D eigenvalue weighted by Crippen LogP contribution is -2.34. The molecule has 72 valence electrons. The fraction of sp³-hybridized carbons (Fsp3) is 0.333. The fourth-order valence-corrected chi connectivity index (χ4v) is 1.64. The van der Waals surface area contributed by atoms with Gasteiger partial charge in [-0.2, -0.15) is 0 Å². The summed E-state index contributed by atoms with van der Waals surface area (Å²) in [5.41, 5.74) is 3.59. The Kier molecular flexibility index (Phi) is 4.00. The summed E-state index contributed by atoms with van der Waals surface area (Å²) in [6.07, 6.45) is 0.731. The summed E-state index contributed by atoms with van der Waals surface area (Å²) in [6, 6.07) is 5.64. The van der Waals surface area contributed by atoms with E-state index in [0.717, 1.165) is 12.0 Å². The maximum atomic E-state index is 5.98. The summed E-state index contributed by atoms with van der Waals surface area (Å²) in [5.74, 6) is 5.28. The van der Waals surface area contributed by atoms with Crippen molar-refractivity contribution >= 4 is 23.2 Å². The molecule has 2 nitrogen and oxygen atoms in total. The van der Waals surface area contributed by atoms with E-state index >= 15 is 0 Å². The molecule has 0 heterocycles. The average Bonchev–Trinajstić information content (AvgIpc) is 2.11. The van der Waals surface area contributed by atoms with Crippen molar-refractivity contribution in [2.75, 3.05) is 0 Å². The molecular formula is C9H12Cl2N2. The molecule has 0 aliphatic heterocycles. The minimum Gasteiger partial charge on any atom is -0.271 e. The Labute approximate surface area is 88.0 Å². The van der Waals surface area contributed by atoms with E-state index in [1.165, 1.54) is 0 Å². The number of rotatable bonds is 3. The van der Waals surface area contributed by atoms with E-state index in [-0.39, 0.29) is 6.04 Å². The van der Waals surface area contributed by atoms with E-state index < -0.39 is 0 Å². The van der Waals surface area contributed by atoms with E-state index in [9.17, 15) is 0 Å². The molecule has 1 atom stereocenters. The molecule has 1 unspecified atom stereocenters. The highest BCUT2D eigenvalue weighted by Crippen LogP contribution is 2.25. The van der Waals surface area contributed by atoms with Gasteiger partial charge in [0.2, 0.25) is 0 Å². The molecule has 0 saturated carbocycles. The lowest BCUT2D eigenvalue weighted by molar-refractivity contribution is 0.568. The van der Waals surface area contributed by atoms with E-state index in [2.05, 4.69) is 5.43 Å². The first-order chi connectivity index (χ1) is 6.15. The van der Waals surface area contributed by atoms with E-state index in [1.54, 1.807) is 0 Å². The summed E-state index contributed by atoms with van der Waals surface area (Å²) in [4.78, 5) is 0. The maximum Gasteiger partial charge on any atom is 0.0453 e. The molecule has 0 fully saturated rings. The van der Waals surface area contributed by atoms with Crippen LogP contribution in [0.25, 0.3) is 0 Å². The Hall–Kier alpha value is -0.280. The van der Waals surface area contributed by atoms with Gasteiger partial charge in [0, 0.05) is 16.1 Å². The minimum absolute atomic E-state index is 0.164. The largest absolute Gasteiger partial charge is 0.271 e. The Morgan fingerprint density at radius 2 is 1.92 bits per heavy atom. The highest BCUT2D eigenvalue weighted by Gasteiger charge is 2.08. The number of hydrogen-bond acceptors (Lipinski definition) is 2. The lowest BCUT2D eigenvalue weighted by atomic mass is 10.1. The molecule has 3 N–H and O–H groups in total. The molecular weight excluding hydrogens is 207 g/mol. The highest BCUT2D eigenvalue weighted by molar-refractivity contribution is 6.35. The third kappa shape index (κ3) is 2.85. The van der Waals surface area contributed by atoms with Crippen molar-refractivity contribution < 1.29 is 0 Å². The molecule has 0 spiro atoms. The van der Waals surface area contributed by atoms with E-state index in [0.29, 0.717) is 10.0 Å². The number of hydrazine groups is 1. The van der Waals surface area contributed by atoms with Crippen LogP contribution in [-0.4, -0.2) is 6.04 Å². The summed E-state index contributed by atoms with van der Waals surface area (Å²) in [7, 11) is 0. The van der Waals surface area contributed by atoms with Crippen molar-refractivity contribution in [1.29, 1.82) is 0 Å². The first-order valence-electron chi connectivity index (χ1n) is 4.04. The van der Waals surface area contributed by atoms with Crippen LogP contribution in [0, 0.1) is 0 Å². The molecule has 0 bridgehead atoms. The molecule has 4 heteroatoms. The minimum atomic E-state index is 0.164. The SMILES string of the molecule is CC(Cc1c(Cl)cccc1Cl)NN. The molecule has 0 saturated heterocycles. The van der Waals surface area contributed by atoms with Gasteiger partial charge in [-0.05, 0) is 31.0 Å². The van der Waals surface area contributed by atoms with Gasteiger partial charge in [-0.15, -0.1) is 0 Å². The zero-order valence-electron chi connectivity index (χ0n) is 7.35. The lowest BCUT2D eigenvalue weighted by Gasteiger charge is -2.12. The zero-order valence-corrected chi connectivity index (χ0v) is 8.86. The summed E-state index contributed by atoms with van der Waals surface area (Å²) in [5, 5.41) is 1.38. The molecule has 0 aliphatic carbocycles. The summed E-state index contributed by atoms with van der Waals surface area (Å²) < 4.78 is 0. The quantitative estimate of drug-likeness (QED) is 0.605. The van der Waals surface area contributed by atoms with Gasteiger partial charge < -0.3 is 0 Å². The van der Waals surface area contributed by atoms with Crippen LogP contribution in [0.4, 0.5) is 0 Å². The van der Waals surface area contributed by atoms with Gasteiger partial charge in [-0.25, -0.2) is 0 Å². The zero-order chi connectivity index (χ0) is 9.84. The van der Waals surface area contributed by atoms with Gasteiger partial charge in [0.25, 0.3) is 0 Å². The van der Waals surface area contributed by atoms with Crippen LogP contribution < -0.4 is 11.3 Å². The van der Waals surface area contributed by atoms with Crippen molar-refractivity contribution in [3.05, 3.63) is 33.8 Å². The van der Waals surface area contributed by atoms with E-state index in [1.807, 2.05) is 25.1 Å². The standard InChI is InChI=1S/C9H12Cl2N2/c1-6(13-12)5-7-8(10)3-2-4-9(7)11/h2-4,6,13H,5,12H2,1H3. The van der Waals surface area contributed by atoms with Crippen LogP contribution in [0.5, 0.6) is 0 Å². The highest BCUT2D eigenvalue weighted by atomic mass is 35.5. The third-order valence-corrected chi connectivity index (χ3v) is 2.56. The van der Waals surface area contributed by atoms with Crippen molar-refractivity contribution in [2.45, 2.75) is 19.4 Å². The van der Waals surface area contributed by atoms with Crippen LogP contribution in [0.3, 0.4) is 0 Å². The Morgan fingerprint density at radius 3 is 2.38 bits per heavy atom. The second kappa shape index (κ2) is 4.82. The van der Waals surface area contributed by atoms with Crippen molar-refractivity contribution in [3.8, 4) is 0 Å². The number of nitrogens with two attached hydrogens (primary N) is 1. The molecule has 1 rings (SSSR count). The molecule has 0 aromatic heterocycles. The van der Waals surface area contributed by atoms with Crippen LogP contribution in [0.2, 0.25) is 10.0 Å². The van der Waals surface area contributed by atoms with Gasteiger partial charge in [-0.3, -0.25) is 11.3 Å². The molecule has 0 radical (unpaired) electrons. The fourth-order valence-electron chi connectivity index (χ4n) is 1.09. The van der Waals surface area contributed by atoms with Gasteiger partial charge in [0.15, 0.2) is 0 Å². The smallest absolute Gasteiger partial charge is 0.0453 e. The van der Waals surface area contributed by atoms with Crippen LogP contribution in [-0.2, 0) is 6.42 Å². The molecule has 1 aromatic carbocycles. The molecule has 0 aliphatic rings. The monoisotopic (exact) mass is 218 g/mol. The molecule has 1 aromatic rings. The molecule has 13 heavy (non-hydrogen) atoms. The van der Waals surface area contributed by atoms with Crippen molar-refractivity contribution in [3.63, 3.8) is 0 Å². The van der Waals surface area contributed by atoms with Crippen LogP contribution in [0.15, 0.2) is 18.2 Å². The second-order valence-corrected chi connectivity index (χ2v) is 3.79. The van der Waals surface area contributed by atoms with E-state index in [4.69, 9.17) is 29.0 Å². The number of hydrogen-bond donors (Lipinski definition) is 2. The van der Waals surface area contributed by atoms with Crippen LogP contribution in [0.1, 0.15) is 12.5 Å². The number of halogens is 2. The van der Waals surface area contributed by atoms with Gasteiger partial charge in [0.05, 0.1) is 0 Å². The third-order valence-electron chi connectivity index (χ3n) is 1.86. The number of nitrogens with one attached hydrogen (secondary N) is 1. The predicted octanol–water partition coefficient (Wildman–Crippen LogP) is 2.39. The van der Waals surface area contributed by atoms with Gasteiger partial charge in [0.1, 0.15) is 0 Å². The van der Waals surface area contributed by atoms with Gasteiger partial charge >= 0.3 is 0 Å². The Balaban J connectivity index is 2.87. The topological polar surface area (TPSA) is 38.0 Å². The van der Waals surface area contributed by atoms with Crippen molar-refractivity contribution in [1.82, 2.24) is 5.43 Å². The summed E-state index contributed by atoms with van der Waals surface area (Å²) >= 11 is 12.0. The maximum absolute atomic E-state index is 5.98. The van der Waals surface area contributed by atoms with Crippen molar-refractivity contribution in [2.24, 2.45) is 5.84 Å². The second-order valence-electron chi connectivity index (χ2n) is 2.97. The Bertz CT molecular complexity index is 269. The van der Waals surface area contributed by atoms with Gasteiger partial charge in [-0.1, -0.05) is 29.3 Å². The Morgan fingerprint density at radius 1 is 1.38 bits per heavy atom. The normalized spacial score (nSPS) is 12.9. The first kappa shape index (κ1) is 10.8. The first-order valence-corrected chi connectivity index (χ1v) is 4.79. The predicted molar refractivity (Wildman–Crippen MR) is 57.0 cm³/mol. The summed E-state index contributed by atoms with van der Waals surface area (Å²) in [6.45, 7) is 1.97. The number of benzene rings is 1.